The van der Waals surface area contributed by atoms with Crippen LogP contribution in [0, 0.1) is 0 Å². The Morgan fingerprint density at radius 2 is 1.52 bits per heavy atom. The molecule has 2 aromatic rings. The lowest BCUT2D eigenvalue weighted by Crippen LogP contribution is -2.21. The monoisotopic (exact) mass is 333 g/mol. The Morgan fingerprint density at radius 3 is 2.00 bits per heavy atom. The Kier molecular flexibility index (Phi) is 5.50. The molecule has 5 nitrogen and oxygen atoms in total. The molecule has 0 aromatic heterocycles. The van der Waals surface area contributed by atoms with Gasteiger partial charge in [0.2, 0.25) is 0 Å². The third kappa shape index (κ3) is 4.16. The fraction of sp³-hybridized carbons (Fsp3) is 0.294. The largest absolute Gasteiger partial charge is 0.573 e. The van der Waals surface area contributed by atoms with E-state index in [2.05, 4.69) is 23.5 Å². The summed E-state index contributed by atoms with van der Waals surface area (Å²) in [6.45, 7) is 5.96. The number of sulfonamides is 1. The zero-order valence-electron chi connectivity index (χ0n) is 13.6. The van der Waals surface area contributed by atoms with Gasteiger partial charge >= 0.3 is 0 Å². The fourth-order valence-corrected chi connectivity index (χ4v) is 3.24. The van der Waals surface area contributed by atoms with Gasteiger partial charge in [-0.25, -0.2) is 8.42 Å². The van der Waals surface area contributed by atoms with Crippen LogP contribution in [0.5, 0.6) is 5.75 Å². The predicted octanol–water partition coefficient (Wildman–Crippen LogP) is 3.94. The van der Waals surface area contributed by atoms with Crippen LogP contribution < -0.4 is 9.64 Å². The van der Waals surface area contributed by atoms with E-state index >= 15 is 0 Å². The second kappa shape index (κ2) is 7.37. The Balaban J connectivity index is 2.16. The average Bonchev–Trinajstić information content (AvgIpc) is 2.57. The lowest BCUT2D eigenvalue weighted by atomic mass is 10.2. The van der Waals surface area contributed by atoms with Crippen molar-refractivity contribution >= 4 is 21.4 Å². The summed E-state index contributed by atoms with van der Waals surface area (Å²) in [5.41, 5.74) is 1.47. The van der Waals surface area contributed by atoms with Crippen molar-refractivity contribution in [2.24, 2.45) is 0 Å². The van der Waals surface area contributed by atoms with Gasteiger partial charge < -0.3 is 14.4 Å². The molecule has 124 valence electrons. The Morgan fingerprint density at radius 1 is 0.957 bits per heavy atom. The van der Waals surface area contributed by atoms with Crippen LogP contribution in [-0.4, -0.2) is 28.6 Å². The quantitative estimate of drug-likeness (QED) is 0.770. The highest BCUT2D eigenvalue weighted by molar-refractivity contribution is 7.94. The molecule has 0 amide bonds. The van der Waals surface area contributed by atoms with Gasteiger partial charge in [0.1, 0.15) is 15.8 Å². The van der Waals surface area contributed by atoms with Crippen LogP contribution in [0.4, 0.5) is 11.4 Å². The van der Waals surface area contributed by atoms with Gasteiger partial charge in [0.25, 0.3) is 0 Å². The summed E-state index contributed by atoms with van der Waals surface area (Å²) < 4.78 is 33.5. The summed E-state index contributed by atoms with van der Waals surface area (Å²) in [4.78, 5) is 2.33. The minimum Gasteiger partial charge on any atom is -0.573 e. The highest BCUT2D eigenvalue weighted by Crippen LogP contribution is 2.30. The van der Waals surface area contributed by atoms with E-state index in [-0.39, 0.29) is 4.90 Å². The molecule has 0 aliphatic heterocycles. The number of ether oxygens (including phenoxy) is 1. The Hall–Kier alpha value is -2.21. The third-order valence-corrected chi connectivity index (χ3v) is 4.88. The molecule has 0 saturated heterocycles. The minimum atomic E-state index is -3.73. The van der Waals surface area contributed by atoms with Gasteiger partial charge in [-0.3, -0.25) is 0 Å². The first-order valence-electron chi connectivity index (χ1n) is 7.47. The maximum absolute atomic E-state index is 12.3. The first kappa shape index (κ1) is 17.1. The molecule has 0 aliphatic rings. The second-order valence-electron chi connectivity index (χ2n) is 4.93. The van der Waals surface area contributed by atoms with Crippen LogP contribution in [0.25, 0.3) is 4.72 Å². The van der Waals surface area contributed by atoms with Crippen molar-refractivity contribution in [2.45, 2.75) is 18.7 Å². The van der Waals surface area contributed by atoms with E-state index < -0.39 is 10.0 Å². The molecule has 0 spiro atoms. The SMILES string of the molecule is CCN(CC)c1ccc([N-]S(=O)(=O)c2ccc(OC)cc2)cc1. The zero-order valence-corrected chi connectivity index (χ0v) is 14.4. The normalized spacial score (nSPS) is 11.1. The van der Waals surface area contributed by atoms with E-state index in [9.17, 15) is 8.42 Å². The molecule has 0 aliphatic carbocycles. The highest BCUT2D eigenvalue weighted by Gasteiger charge is 2.05. The lowest BCUT2D eigenvalue weighted by molar-refractivity contribution is 0.414. The highest BCUT2D eigenvalue weighted by atomic mass is 32.2. The number of benzene rings is 2. The predicted molar refractivity (Wildman–Crippen MR) is 93.2 cm³/mol. The fourth-order valence-electron chi connectivity index (χ4n) is 2.25. The lowest BCUT2D eigenvalue weighted by Gasteiger charge is -2.25. The molecule has 2 rings (SSSR count). The maximum Gasteiger partial charge on any atom is 0.123 e. The molecule has 0 atom stereocenters. The Labute approximate surface area is 137 Å². The summed E-state index contributed by atoms with van der Waals surface area (Å²) in [5, 5.41) is 0. The molecule has 23 heavy (non-hydrogen) atoms. The van der Waals surface area contributed by atoms with Crippen molar-refractivity contribution in [2.75, 3.05) is 25.1 Å². The van der Waals surface area contributed by atoms with Gasteiger partial charge in [-0.05, 0) is 50.2 Å². The summed E-state index contributed by atoms with van der Waals surface area (Å²) in [6.07, 6.45) is 0. The van der Waals surface area contributed by atoms with Gasteiger partial charge in [-0.1, -0.05) is 12.1 Å². The molecule has 0 unspecified atom stereocenters. The van der Waals surface area contributed by atoms with Crippen LogP contribution in [0.3, 0.4) is 0 Å². The van der Waals surface area contributed by atoms with Crippen LogP contribution in [0.1, 0.15) is 13.8 Å². The summed E-state index contributed by atoms with van der Waals surface area (Å²) in [6, 6.07) is 13.4. The van der Waals surface area contributed by atoms with Crippen LogP contribution in [0.15, 0.2) is 53.4 Å². The van der Waals surface area contributed by atoms with Crippen molar-refractivity contribution in [1.82, 2.24) is 0 Å². The molecule has 0 heterocycles. The van der Waals surface area contributed by atoms with E-state index in [4.69, 9.17) is 4.74 Å². The number of anilines is 1. The maximum atomic E-state index is 12.3. The van der Waals surface area contributed by atoms with Gasteiger partial charge in [-0.15, -0.1) is 5.69 Å². The first-order chi connectivity index (χ1) is 11.0. The second-order valence-corrected chi connectivity index (χ2v) is 6.53. The number of rotatable bonds is 7. The number of nitrogens with zero attached hydrogens (tertiary/aromatic N) is 2. The van der Waals surface area contributed by atoms with Crippen LogP contribution in [-0.2, 0) is 10.0 Å². The molecule has 6 heteroatoms. The van der Waals surface area contributed by atoms with Crippen molar-refractivity contribution in [3.05, 3.63) is 53.3 Å². The molecule has 2 aromatic carbocycles. The number of hydrogen-bond acceptors (Lipinski definition) is 4. The summed E-state index contributed by atoms with van der Waals surface area (Å²) >= 11 is 0. The van der Waals surface area contributed by atoms with E-state index in [0.29, 0.717) is 11.4 Å². The molecular weight excluding hydrogens is 312 g/mol. The molecular formula is C17H21N2O3S-. The summed E-state index contributed by atoms with van der Waals surface area (Å²) in [5.74, 6) is 0.604. The van der Waals surface area contributed by atoms with Gasteiger partial charge in [0.05, 0.1) is 12.0 Å². The summed E-state index contributed by atoms with van der Waals surface area (Å²) in [7, 11) is -2.19. The van der Waals surface area contributed by atoms with Crippen LogP contribution in [0.2, 0.25) is 0 Å². The topological polar surface area (TPSA) is 60.7 Å². The molecule has 0 N–H and O–H groups in total. The molecule has 0 fully saturated rings. The zero-order chi connectivity index (χ0) is 16.9. The molecule has 0 saturated carbocycles. The van der Waals surface area contributed by atoms with Gasteiger partial charge in [0, 0.05) is 18.8 Å². The molecule has 0 radical (unpaired) electrons. The van der Waals surface area contributed by atoms with E-state index in [1.165, 1.54) is 19.2 Å². The van der Waals surface area contributed by atoms with E-state index in [1.807, 2.05) is 12.1 Å². The third-order valence-electron chi connectivity index (χ3n) is 3.56. The average molecular weight is 333 g/mol. The van der Waals surface area contributed by atoms with Gasteiger partial charge in [0.15, 0.2) is 0 Å². The minimum absolute atomic E-state index is 0.145. The van der Waals surface area contributed by atoms with Gasteiger partial charge in [-0.2, -0.15) is 0 Å². The Bertz CT molecular complexity index is 721. The smallest absolute Gasteiger partial charge is 0.123 e. The van der Waals surface area contributed by atoms with Crippen LogP contribution >= 0.6 is 0 Å². The van der Waals surface area contributed by atoms with E-state index in [1.54, 1.807) is 24.3 Å². The first-order valence-corrected chi connectivity index (χ1v) is 8.91. The number of methoxy groups -OCH3 is 1. The molecule has 0 bridgehead atoms. The van der Waals surface area contributed by atoms with Crippen molar-refractivity contribution in [3.8, 4) is 5.75 Å². The standard InChI is InChI=1S/C17H21N2O3S/c1-4-19(5-2)15-8-6-14(7-9-15)18-23(20,21)17-12-10-16(22-3)11-13-17/h6-13H,4-5H2,1-3H3/q-1. The van der Waals surface area contributed by atoms with Crippen molar-refractivity contribution in [3.63, 3.8) is 0 Å². The number of hydrogen-bond donors (Lipinski definition) is 0. The van der Waals surface area contributed by atoms with Crippen molar-refractivity contribution in [1.29, 1.82) is 0 Å². The van der Waals surface area contributed by atoms with Crippen molar-refractivity contribution < 1.29 is 13.2 Å². The van der Waals surface area contributed by atoms with E-state index in [0.717, 1.165) is 18.8 Å².